The van der Waals surface area contributed by atoms with E-state index in [0.717, 1.165) is 17.0 Å². The van der Waals surface area contributed by atoms with Crippen molar-refractivity contribution in [2.45, 2.75) is 64.7 Å². The van der Waals surface area contributed by atoms with Gasteiger partial charge in [0.15, 0.2) is 0 Å². The Morgan fingerprint density at radius 1 is 1.21 bits per heavy atom. The van der Waals surface area contributed by atoms with E-state index >= 15 is 0 Å². The Labute approximate surface area is 201 Å². The van der Waals surface area contributed by atoms with Crippen molar-refractivity contribution in [2.24, 2.45) is 0 Å². The Bertz CT molecular complexity index is 1010. The van der Waals surface area contributed by atoms with Crippen LogP contribution < -0.4 is 0 Å². The molecule has 3 rings (SSSR count). The lowest BCUT2D eigenvalue weighted by molar-refractivity contribution is -0.158. The molecule has 11 heteroatoms. The van der Waals surface area contributed by atoms with Gasteiger partial charge in [-0.15, -0.1) is 0 Å². The molecule has 0 aliphatic carbocycles. The van der Waals surface area contributed by atoms with Crippen molar-refractivity contribution >= 4 is 16.4 Å². The van der Waals surface area contributed by atoms with Crippen LogP contribution >= 0.6 is 0 Å². The van der Waals surface area contributed by atoms with E-state index in [9.17, 15) is 18.4 Å². The zero-order valence-corrected chi connectivity index (χ0v) is 20.5. The van der Waals surface area contributed by atoms with Crippen LogP contribution in [0.5, 0.6) is 0 Å². The van der Waals surface area contributed by atoms with Crippen molar-refractivity contribution in [2.75, 3.05) is 18.8 Å². The highest BCUT2D eigenvalue weighted by Gasteiger charge is 2.32. The number of sulfonamides is 1. The van der Waals surface area contributed by atoms with Crippen LogP contribution in [-0.4, -0.2) is 75.3 Å². The van der Waals surface area contributed by atoms with Gasteiger partial charge in [0.25, 0.3) is 0 Å². The SMILES string of the molecule is Cc1cc(COC2CCN(S(=O)(=O)C[C@@H](CCCc3ncccn3)N(O)C=O)CC2)cc(C)n1. The fraction of sp³-hybridized carbons (Fsp3) is 0.565. The predicted molar refractivity (Wildman–Crippen MR) is 125 cm³/mol. The van der Waals surface area contributed by atoms with Crippen LogP contribution in [0.15, 0.2) is 30.6 Å². The van der Waals surface area contributed by atoms with Crippen LogP contribution in [0.25, 0.3) is 0 Å². The molecule has 34 heavy (non-hydrogen) atoms. The highest BCUT2D eigenvalue weighted by atomic mass is 32.2. The number of hydroxylamine groups is 2. The molecule has 186 valence electrons. The summed E-state index contributed by atoms with van der Waals surface area (Å²) < 4.78 is 33.5. The normalized spacial score (nSPS) is 16.3. The molecule has 3 heterocycles. The molecule has 1 N–H and O–H groups in total. The molecule has 0 bridgehead atoms. The zero-order valence-electron chi connectivity index (χ0n) is 19.7. The van der Waals surface area contributed by atoms with Gasteiger partial charge >= 0.3 is 0 Å². The Morgan fingerprint density at radius 3 is 2.47 bits per heavy atom. The van der Waals surface area contributed by atoms with E-state index in [1.165, 1.54) is 4.31 Å². The smallest absolute Gasteiger partial charge is 0.233 e. The first-order chi connectivity index (χ1) is 16.3. The van der Waals surface area contributed by atoms with Gasteiger partial charge in [-0.2, -0.15) is 0 Å². The van der Waals surface area contributed by atoms with Gasteiger partial charge in [-0.25, -0.2) is 27.8 Å². The van der Waals surface area contributed by atoms with Gasteiger partial charge in [-0.05, 0) is 63.3 Å². The van der Waals surface area contributed by atoms with Crippen molar-refractivity contribution in [1.29, 1.82) is 0 Å². The van der Waals surface area contributed by atoms with E-state index in [0.29, 0.717) is 62.7 Å². The number of carbonyl (C=O) groups is 1. The molecule has 1 atom stereocenters. The second-order valence-corrected chi connectivity index (χ2v) is 10.7. The zero-order chi connectivity index (χ0) is 24.6. The van der Waals surface area contributed by atoms with Crippen LogP contribution in [0.1, 0.15) is 48.5 Å². The molecule has 2 aromatic rings. The van der Waals surface area contributed by atoms with Crippen molar-refractivity contribution in [3.8, 4) is 0 Å². The molecule has 1 saturated heterocycles. The maximum atomic E-state index is 13.0. The summed E-state index contributed by atoms with van der Waals surface area (Å²) in [5.41, 5.74) is 2.94. The second-order valence-electron chi connectivity index (χ2n) is 8.64. The molecule has 0 unspecified atom stereocenters. The summed E-state index contributed by atoms with van der Waals surface area (Å²) in [6, 6.07) is 4.86. The standard InChI is InChI=1S/C23H33N5O5S/c1-18-13-20(14-19(2)26-18)15-33-22-7-11-27(12-8-22)34(31,32)16-21(28(30)17-29)5-3-6-23-24-9-4-10-25-23/h4,9-10,13-14,17,21-22,30H,3,5-8,11-12,15-16H2,1-2H3/t21-/m1/s1. The highest BCUT2D eigenvalue weighted by Crippen LogP contribution is 2.21. The summed E-state index contributed by atoms with van der Waals surface area (Å²) in [5.74, 6) is 0.303. The molecule has 1 aliphatic rings. The van der Waals surface area contributed by atoms with E-state index < -0.39 is 16.1 Å². The van der Waals surface area contributed by atoms with E-state index in [-0.39, 0.29) is 18.3 Å². The van der Waals surface area contributed by atoms with Gasteiger partial charge < -0.3 is 4.74 Å². The summed E-state index contributed by atoms with van der Waals surface area (Å²) in [5, 5.41) is 10.4. The lowest BCUT2D eigenvalue weighted by Gasteiger charge is -2.33. The second kappa shape index (κ2) is 12.3. The first kappa shape index (κ1) is 26.1. The Kier molecular flexibility index (Phi) is 9.45. The van der Waals surface area contributed by atoms with Gasteiger partial charge in [0.2, 0.25) is 16.4 Å². The number of carbonyl (C=O) groups excluding carboxylic acids is 1. The van der Waals surface area contributed by atoms with Crippen molar-refractivity contribution in [3.63, 3.8) is 0 Å². The van der Waals surface area contributed by atoms with Gasteiger partial charge in [0, 0.05) is 43.3 Å². The minimum absolute atomic E-state index is 0.0220. The van der Waals surface area contributed by atoms with Crippen LogP contribution in [0.4, 0.5) is 0 Å². The van der Waals surface area contributed by atoms with Crippen molar-refractivity contribution < 1.29 is 23.2 Å². The molecule has 1 fully saturated rings. The van der Waals surface area contributed by atoms with E-state index in [1.54, 1.807) is 18.5 Å². The largest absolute Gasteiger partial charge is 0.373 e. The molecule has 0 saturated carbocycles. The van der Waals surface area contributed by atoms with Crippen LogP contribution in [0, 0.1) is 13.8 Å². The van der Waals surface area contributed by atoms with Crippen molar-refractivity contribution in [3.05, 3.63) is 53.4 Å². The maximum Gasteiger partial charge on any atom is 0.233 e. The third-order valence-electron chi connectivity index (χ3n) is 5.86. The molecule has 0 radical (unpaired) electrons. The molecule has 10 nitrogen and oxygen atoms in total. The number of piperidine rings is 1. The monoisotopic (exact) mass is 491 g/mol. The number of ether oxygens (including phenoxy) is 1. The highest BCUT2D eigenvalue weighted by molar-refractivity contribution is 7.89. The topological polar surface area (TPSA) is 126 Å². The minimum atomic E-state index is -3.66. The number of aryl methyl sites for hydroxylation is 3. The molecule has 1 aliphatic heterocycles. The third-order valence-corrected chi connectivity index (χ3v) is 7.82. The molecule has 0 aromatic carbocycles. The Balaban J connectivity index is 1.49. The number of amides is 1. The summed E-state index contributed by atoms with van der Waals surface area (Å²) in [7, 11) is -3.66. The minimum Gasteiger partial charge on any atom is -0.373 e. The first-order valence-corrected chi connectivity index (χ1v) is 13.1. The van der Waals surface area contributed by atoms with Crippen LogP contribution in [0.3, 0.4) is 0 Å². The predicted octanol–water partition coefficient (Wildman–Crippen LogP) is 2.04. The van der Waals surface area contributed by atoms with Crippen molar-refractivity contribution in [1.82, 2.24) is 24.3 Å². The number of nitrogens with zero attached hydrogens (tertiary/aromatic N) is 5. The molecule has 1 amide bonds. The molecular weight excluding hydrogens is 458 g/mol. The maximum absolute atomic E-state index is 13.0. The summed E-state index contributed by atoms with van der Waals surface area (Å²) in [6.45, 7) is 5.05. The Hall–Kier alpha value is -2.47. The lowest BCUT2D eigenvalue weighted by Crippen LogP contribution is -2.46. The number of pyridine rings is 1. The van der Waals surface area contributed by atoms with Gasteiger partial charge in [0.05, 0.1) is 24.5 Å². The van der Waals surface area contributed by atoms with Gasteiger partial charge in [-0.1, -0.05) is 0 Å². The first-order valence-electron chi connectivity index (χ1n) is 11.5. The number of hydrogen-bond donors (Lipinski definition) is 1. The van der Waals surface area contributed by atoms with E-state index in [1.807, 2.05) is 26.0 Å². The summed E-state index contributed by atoms with van der Waals surface area (Å²) in [4.78, 5) is 23.8. The Morgan fingerprint density at radius 2 is 1.85 bits per heavy atom. The lowest BCUT2D eigenvalue weighted by atomic mass is 10.1. The molecular formula is C23H33N5O5S. The number of aromatic nitrogens is 3. The fourth-order valence-corrected chi connectivity index (χ4v) is 5.96. The van der Waals surface area contributed by atoms with E-state index in [4.69, 9.17) is 4.74 Å². The fourth-order valence-electron chi connectivity index (χ4n) is 4.18. The molecule has 2 aromatic heterocycles. The molecule has 0 spiro atoms. The van der Waals surface area contributed by atoms with Gasteiger partial charge in [0.1, 0.15) is 5.82 Å². The van der Waals surface area contributed by atoms with E-state index in [2.05, 4.69) is 15.0 Å². The number of hydrogen-bond acceptors (Lipinski definition) is 8. The van der Waals surface area contributed by atoms with Gasteiger partial charge in [-0.3, -0.25) is 15.0 Å². The average molecular weight is 492 g/mol. The average Bonchev–Trinajstić information content (AvgIpc) is 2.82. The summed E-state index contributed by atoms with van der Waals surface area (Å²) in [6.07, 6.45) is 6.08. The third kappa shape index (κ3) is 7.79. The van der Waals surface area contributed by atoms with Crippen LogP contribution in [0.2, 0.25) is 0 Å². The van der Waals surface area contributed by atoms with Crippen LogP contribution in [-0.2, 0) is 32.6 Å². The summed E-state index contributed by atoms with van der Waals surface area (Å²) >= 11 is 0. The number of rotatable bonds is 12. The quantitative estimate of drug-likeness (QED) is 0.272.